The standard InChI is InChI=1S/C16H23NO3/c1-12-3-4-13(2)14(11-12)15(18)5-6-16(19)17-7-9-20-10-8-17/h3-4,11,15,18H,5-10H2,1-2H3. The number of morpholine rings is 1. The summed E-state index contributed by atoms with van der Waals surface area (Å²) in [4.78, 5) is 13.9. The van der Waals surface area contributed by atoms with Crippen LogP contribution >= 0.6 is 0 Å². The Bertz CT molecular complexity index is 467. The fourth-order valence-electron chi connectivity index (χ4n) is 2.51. The predicted octanol–water partition coefficient (Wildman–Crippen LogP) is 1.98. The Hall–Kier alpha value is -1.39. The smallest absolute Gasteiger partial charge is 0.222 e. The molecule has 1 aromatic carbocycles. The molecule has 4 nitrogen and oxygen atoms in total. The van der Waals surface area contributed by atoms with Crippen molar-refractivity contribution in [3.63, 3.8) is 0 Å². The highest BCUT2D eigenvalue weighted by atomic mass is 16.5. The number of aryl methyl sites for hydroxylation is 2. The molecule has 110 valence electrons. The molecule has 20 heavy (non-hydrogen) atoms. The van der Waals surface area contributed by atoms with Crippen molar-refractivity contribution < 1.29 is 14.6 Å². The summed E-state index contributed by atoms with van der Waals surface area (Å²) in [6, 6.07) is 6.04. The normalized spacial score (nSPS) is 17.1. The topological polar surface area (TPSA) is 49.8 Å². The third-order valence-electron chi connectivity index (χ3n) is 3.79. The summed E-state index contributed by atoms with van der Waals surface area (Å²) in [5.74, 6) is 0.109. The maximum absolute atomic E-state index is 12.0. The van der Waals surface area contributed by atoms with Crippen LogP contribution < -0.4 is 0 Å². The summed E-state index contributed by atoms with van der Waals surface area (Å²) >= 11 is 0. The van der Waals surface area contributed by atoms with Gasteiger partial charge in [0, 0.05) is 19.5 Å². The molecule has 4 heteroatoms. The maximum Gasteiger partial charge on any atom is 0.222 e. The number of nitrogens with zero attached hydrogens (tertiary/aromatic N) is 1. The molecule has 1 heterocycles. The summed E-state index contributed by atoms with van der Waals surface area (Å²) < 4.78 is 5.23. The minimum Gasteiger partial charge on any atom is -0.388 e. The van der Waals surface area contributed by atoms with Gasteiger partial charge < -0.3 is 14.7 Å². The number of benzene rings is 1. The Morgan fingerprint density at radius 2 is 2.05 bits per heavy atom. The first-order chi connectivity index (χ1) is 9.58. The van der Waals surface area contributed by atoms with E-state index in [2.05, 4.69) is 0 Å². The fraction of sp³-hybridized carbons (Fsp3) is 0.562. The summed E-state index contributed by atoms with van der Waals surface area (Å²) in [6.45, 7) is 6.56. The average Bonchev–Trinajstić information content (AvgIpc) is 2.47. The van der Waals surface area contributed by atoms with Crippen LogP contribution in [0.4, 0.5) is 0 Å². The van der Waals surface area contributed by atoms with E-state index < -0.39 is 6.10 Å². The minimum atomic E-state index is -0.570. The van der Waals surface area contributed by atoms with Gasteiger partial charge in [0.25, 0.3) is 0 Å². The number of aliphatic hydroxyl groups is 1. The van der Waals surface area contributed by atoms with Crippen molar-refractivity contribution >= 4 is 5.91 Å². The highest BCUT2D eigenvalue weighted by Crippen LogP contribution is 2.23. The van der Waals surface area contributed by atoms with Crippen LogP contribution in [0.2, 0.25) is 0 Å². The van der Waals surface area contributed by atoms with Gasteiger partial charge in [-0.15, -0.1) is 0 Å². The number of hydrogen-bond acceptors (Lipinski definition) is 3. The zero-order chi connectivity index (χ0) is 14.5. The lowest BCUT2D eigenvalue weighted by Crippen LogP contribution is -2.40. The number of carbonyl (C=O) groups excluding carboxylic acids is 1. The molecule has 0 saturated carbocycles. The number of aliphatic hydroxyl groups excluding tert-OH is 1. The number of rotatable bonds is 4. The maximum atomic E-state index is 12.0. The van der Waals surface area contributed by atoms with E-state index in [0.29, 0.717) is 39.1 Å². The number of carbonyl (C=O) groups is 1. The quantitative estimate of drug-likeness (QED) is 0.915. The van der Waals surface area contributed by atoms with Crippen LogP contribution in [0.3, 0.4) is 0 Å². The van der Waals surface area contributed by atoms with Crippen molar-refractivity contribution in [3.8, 4) is 0 Å². The predicted molar refractivity (Wildman–Crippen MR) is 77.5 cm³/mol. The van der Waals surface area contributed by atoms with Crippen LogP contribution in [0, 0.1) is 13.8 Å². The van der Waals surface area contributed by atoms with Gasteiger partial charge in [0.1, 0.15) is 0 Å². The Balaban J connectivity index is 1.89. The van der Waals surface area contributed by atoms with Crippen LogP contribution in [-0.4, -0.2) is 42.2 Å². The largest absolute Gasteiger partial charge is 0.388 e. The van der Waals surface area contributed by atoms with Crippen LogP contribution in [0.25, 0.3) is 0 Å². The molecule has 0 bridgehead atoms. The van der Waals surface area contributed by atoms with Crippen LogP contribution in [0.15, 0.2) is 18.2 Å². The number of hydrogen-bond donors (Lipinski definition) is 1. The molecule has 1 atom stereocenters. The second-order valence-electron chi connectivity index (χ2n) is 5.41. The van der Waals surface area contributed by atoms with Gasteiger partial charge in [0.2, 0.25) is 5.91 Å². The summed E-state index contributed by atoms with van der Waals surface area (Å²) in [6.07, 6.45) is 0.287. The molecule has 1 unspecified atom stereocenters. The molecule has 0 aromatic heterocycles. The molecule has 1 aliphatic heterocycles. The molecule has 0 radical (unpaired) electrons. The molecule has 1 fully saturated rings. The molecule has 2 rings (SSSR count). The highest BCUT2D eigenvalue weighted by molar-refractivity contribution is 5.76. The van der Waals surface area contributed by atoms with Gasteiger partial charge in [-0.2, -0.15) is 0 Å². The monoisotopic (exact) mass is 277 g/mol. The van der Waals surface area contributed by atoms with E-state index in [-0.39, 0.29) is 5.91 Å². The van der Waals surface area contributed by atoms with Crippen LogP contribution in [0.1, 0.15) is 35.6 Å². The summed E-state index contributed by atoms with van der Waals surface area (Å²) in [5.41, 5.74) is 3.13. The third-order valence-corrected chi connectivity index (χ3v) is 3.79. The van der Waals surface area contributed by atoms with Crippen molar-refractivity contribution in [2.45, 2.75) is 32.8 Å². The molecule has 1 aromatic rings. The zero-order valence-corrected chi connectivity index (χ0v) is 12.3. The van der Waals surface area contributed by atoms with Gasteiger partial charge in [-0.3, -0.25) is 4.79 Å². The van der Waals surface area contributed by atoms with Gasteiger partial charge in [-0.25, -0.2) is 0 Å². The van der Waals surface area contributed by atoms with Crippen molar-refractivity contribution in [2.24, 2.45) is 0 Å². The third kappa shape index (κ3) is 3.81. The molecule has 1 aliphatic rings. The lowest BCUT2D eigenvalue weighted by atomic mass is 9.98. The fourth-order valence-corrected chi connectivity index (χ4v) is 2.51. The summed E-state index contributed by atoms with van der Waals surface area (Å²) in [5, 5.41) is 10.3. The lowest BCUT2D eigenvalue weighted by molar-refractivity contribution is -0.135. The van der Waals surface area contributed by atoms with E-state index in [1.165, 1.54) is 0 Å². The molecule has 1 saturated heterocycles. The van der Waals surface area contributed by atoms with E-state index in [4.69, 9.17) is 4.74 Å². The van der Waals surface area contributed by atoms with Gasteiger partial charge in [0.05, 0.1) is 19.3 Å². The average molecular weight is 277 g/mol. The Kier molecular flexibility index (Phi) is 5.15. The van der Waals surface area contributed by atoms with Crippen molar-refractivity contribution in [1.82, 2.24) is 4.90 Å². The SMILES string of the molecule is Cc1ccc(C)c(C(O)CCC(=O)N2CCOCC2)c1. The first-order valence-corrected chi connectivity index (χ1v) is 7.18. The van der Waals surface area contributed by atoms with Gasteiger partial charge in [0.15, 0.2) is 0 Å². The van der Waals surface area contributed by atoms with E-state index in [9.17, 15) is 9.90 Å². The Labute approximate surface area is 120 Å². The van der Waals surface area contributed by atoms with E-state index in [0.717, 1.165) is 16.7 Å². The van der Waals surface area contributed by atoms with Crippen LogP contribution in [-0.2, 0) is 9.53 Å². The number of ether oxygens (including phenoxy) is 1. The van der Waals surface area contributed by atoms with Crippen molar-refractivity contribution in [3.05, 3.63) is 34.9 Å². The molecular formula is C16H23NO3. The highest BCUT2D eigenvalue weighted by Gasteiger charge is 2.19. The second kappa shape index (κ2) is 6.86. The van der Waals surface area contributed by atoms with E-state index >= 15 is 0 Å². The second-order valence-corrected chi connectivity index (χ2v) is 5.41. The Morgan fingerprint density at radius 3 is 2.75 bits per heavy atom. The van der Waals surface area contributed by atoms with Crippen molar-refractivity contribution in [2.75, 3.05) is 26.3 Å². The molecule has 0 spiro atoms. The Morgan fingerprint density at radius 1 is 1.35 bits per heavy atom. The molecule has 1 N–H and O–H groups in total. The van der Waals surface area contributed by atoms with E-state index in [1.807, 2.05) is 36.9 Å². The lowest BCUT2D eigenvalue weighted by Gasteiger charge is -2.27. The van der Waals surface area contributed by atoms with Crippen molar-refractivity contribution in [1.29, 1.82) is 0 Å². The first-order valence-electron chi connectivity index (χ1n) is 7.18. The number of amides is 1. The van der Waals surface area contributed by atoms with Crippen LogP contribution in [0.5, 0.6) is 0 Å². The van der Waals surface area contributed by atoms with Gasteiger partial charge in [-0.05, 0) is 31.4 Å². The minimum absolute atomic E-state index is 0.109. The summed E-state index contributed by atoms with van der Waals surface area (Å²) in [7, 11) is 0. The molecule has 1 amide bonds. The van der Waals surface area contributed by atoms with E-state index in [1.54, 1.807) is 0 Å². The van der Waals surface area contributed by atoms with Gasteiger partial charge >= 0.3 is 0 Å². The van der Waals surface area contributed by atoms with Gasteiger partial charge in [-0.1, -0.05) is 23.8 Å². The first kappa shape index (κ1) is 15.0. The molecule has 0 aliphatic carbocycles. The molecular weight excluding hydrogens is 254 g/mol. The zero-order valence-electron chi connectivity index (χ0n) is 12.3.